The first-order valence-electron chi connectivity index (χ1n) is 3.28. The Balaban J connectivity index is 3.21. The van der Waals surface area contributed by atoms with E-state index in [9.17, 15) is 0 Å². The van der Waals surface area contributed by atoms with Crippen LogP contribution in [0.15, 0.2) is 17.0 Å². The van der Waals surface area contributed by atoms with Gasteiger partial charge >= 0.3 is 0 Å². The van der Waals surface area contributed by atoms with E-state index in [1.807, 2.05) is 13.0 Å². The largest absolute Gasteiger partial charge is 0.495 e. The van der Waals surface area contributed by atoms with Gasteiger partial charge in [-0.2, -0.15) is 0 Å². The van der Waals surface area contributed by atoms with E-state index in [-0.39, 0.29) is 0 Å². The highest BCUT2D eigenvalue weighted by atomic mass is 32.1. The van der Waals surface area contributed by atoms with Crippen LogP contribution in [0.3, 0.4) is 0 Å². The maximum atomic E-state index is 5.63. The number of methoxy groups -OCH3 is 1. The van der Waals surface area contributed by atoms with Crippen LogP contribution in [-0.2, 0) is 0 Å². The van der Waals surface area contributed by atoms with Gasteiger partial charge in [0.1, 0.15) is 5.75 Å². The van der Waals surface area contributed by atoms with Crippen molar-refractivity contribution in [2.75, 3.05) is 12.8 Å². The Morgan fingerprint density at radius 1 is 1.45 bits per heavy atom. The second-order valence-corrected chi connectivity index (χ2v) is 2.86. The van der Waals surface area contributed by atoms with Gasteiger partial charge in [-0.3, -0.25) is 0 Å². The molecule has 1 aromatic carbocycles. The molecule has 0 aliphatic rings. The number of rotatable bonds is 1. The van der Waals surface area contributed by atoms with Gasteiger partial charge in [0.05, 0.1) is 12.8 Å². The van der Waals surface area contributed by atoms with Gasteiger partial charge in [0.25, 0.3) is 0 Å². The molecule has 0 atom stereocenters. The molecule has 1 aromatic rings. The summed E-state index contributed by atoms with van der Waals surface area (Å²) < 4.78 is 5.02. The van der Waals surface area contributed by atoms with E-state index in [4.69, 9.17) is 10.5 Å². The van der Waals surface area contributed by atoms with Crippen LogP contribution in [0.1, 0.15) is 5.56 Å². The maximum Gasteiger partial charge on any atom is 0.142 e. The summed E-state index contributed by atoms with van der Waals surface area (Å²) in [5.74, 6) is 0.709. The van der Waals surface area contributed by atoms with Crippen molar-refractivity contribution in [3.8, 4) is 5.75 Å². The van der Waals surface area contributed by atoms with E-state index in [2.05, 4.69) is 12.6 Å². The van der Waals surface area contributed by atoms with E-state index in [0.717, 1.165) is 10.5 Å². The molecular weight excluding hydrogens is 158 g/mol. The van der Waals surface area contributed by atoms with Crippen molar-refractivity contribution >= 4 is 18.3 Å². The second-order valence-electron chi connectivity index (χ2n) is 2.38. The molecule has 2 nitrogen and oxygen atoms in total. The average molecular weight is 169 g/mol. The summed E-state index contributed by atoms with van der Waals surface area (Å²) in [7, 11) is 1.60. The van der Waals surface area contributed by atoms with Crippen LogP contribution in [0.4, 0.5) is 5.69 Å². The Morgan fingerprint density at radius 2 is 2.09 bits per heavy atom. The minimum absolute atomic E-state index is 0.628. The Bertz CT molecular complexity index is 273. The zero-order chi connectivity index (χ0) is 8.43. The lowest BCUT2D eigenvalue weighted by molar-refractivity contribution is 0.416. The number of hydrogen-bond donors (Lipinski definition) is 2. The van der Waals surface area contributed by atoms with Crippen molar-refractivity contribution in [3.05, 3.63) is 17.7 Å². The molecule has 3 heteroatoms. The van der Waals surface area contributed by atoms with Crippen LogP contribution in [0.2, 0.25) is 0 Å². The quantitative estimate of drug-likeness (QED) is 0.497. The minimum Gasteiger partial charge on any atom is -0.495 e. The first-order chi connectivity index (χ1) is 5.15. The summed E-state index contributed by atoms with van der Waals surface area (Å²) in [5.41, 5.74) is 7.32. The summed E-state index contributed by atoms with van der Waals surface area (Å²) in [5, 5.41) is 0. The molecule has 0 heterocycles. The normalized spacial score (nSPS) is 9.73. The monoisotopic (exact) mass is 169 g/mol. The smallest absolute Gasteiger partial charge is 0.142 e. The third kappa shape index (κ3) is 1.60. The zero-order valence-electron chi connectivity index (χ0n) is 6.59. The highest BCUT2D eigenvalue weighted by Gasteiger charge is 2.01. The lowest BCUT2D eigenvalue weighted by atomic mass is 10.2. The third-order valence-corrected chi connectivity index (χ3v) is 2.03. The van der Waals surface area contributed by atoms with Gasteiger partial charge in [0, 0.05) is 4.90 Å². The predicted molar refractivity (Wildman–Crippen MR) is 49.4 cm³/mol. The fraction of sp³-hybridized carbons (Fsp3) is 0.250. The summed E-state index contributed by atoms with van der Waals surface area (Å²) in [6.45, 7) is 1.96. The van der Waals surface area contributed by atoms with E-state index in [0.29, 0.717) is 11.4 Å². The van der Waals surface area contributed by atoms with Gasteiger partial charge in [-0.15, -0.1) is 12.6 Å². The van der Waals surface area contributed by atoms with Gasteiger partial charge in [0.2, 0.25) is 0 Å². The SMILES string of the molecule is COc1cc(C)c(S)cc1N. The Labute approximate surface area is 71.8 Å². The number of hydrogen-bond acceptors (Lipinski definition) is 3. The number of aryl methyl sites for hydroxylation is 1. The summed E-state index contributed by atoms with van der Waals surface area (Å²) in [6.07, 6.45) is 0. The van der Waals surface area contributed by atoms with Crippen molar-refractivity contribution in [2.45, 2.75) is 11.8 Å². The molecule has 0 aliphatic heterocycles. The fourth-order valence-electron chi connectivity index (χ4n) is 0.863. The molecule has 0 fully saturated rings. The minimum atomic E-state index is 0.628. The standard InChI is InChI=1S/C8H11NOS/c1-5-3-7(10-2)6(9)4-8(5)11/h3-4,11H,9H2,1-2H3. The second kappa shape index (κ2) is 3.05. The molecule has 0 saturated heterocycles. The van der Waals surface area contributed by atoms with Crippen LogP contribution in [-0.4, -0.2) is 7.11 Å². The molecule has 0 aromatic heterocycles. The molecule has 0 unspecified atom stereocenters. The average Bonchev–Trinajstić information content (AvgIpc) is 1.97. The summed E-state index contributed by atoms with van der Waals surface area (Å²) in [4.78, 5) is 0.892. The Kier molecular flexibility index (Phi) is 2.29. The van der Waals surface area contributed by atoms with E-state index in [1.54, 1.807) is 13.2 Å². The van der Waals surface area contributed by atoms with Crippen LogP contribution >= 0.6 is 12.6 Å². The first kappa shape index (κ1) is 8.27. The van der Waals surface area contributed by atoms with Crippen molar-refractivity contribution < 1.29 is 4.74 Å². The Hall–Kier alpha value is -0.830. The lowest BCUT2D eigenvalue weighted by Gasteiger charge is -2.06. The number of nitrogens with two attached hydrogens (primary N) is 1. The molecule has 0 bridgehead atoms. The van der Waals surface area contributed by atoms with Gasteiger partial charge in [-0.1, -0.05) is 0 Å². The molecule has 1 rings (SSSR count). The highest BCUT2D eigenvalue weighted by Crippen LogP contribution is 2.26. The van der Waals surface area contributed by atoms with Gasteiger partial charge in [0.15, 0.2) is 0 Å². The molecule has 0 saturated carbocycles. The molecule has 0 amide bonds. The van der Waals surface area contributed by atoms with Crippen LogP contribution in [0.5, 0.6) is 5.75 Å². The number of ether oxygens (including phenoxy) is 1. The van der Waals surface area contributed by atoms with Gasteiger partial charge in [-0.25, -0.2) is 0 Å². The fourth-order valence-corrected chi connectivity index (χ4v) is 1.07. The number of anilines is 1. The number of thiol groups is 1. The molecule has 11 heavy (non-hydrogen) atoms. The summed E-state index contributed by atoms with van der Waals surface area (Å²) >= 11 is 4.22. The molecule has 2 N–H and O–H groups in total. The predicted octanol–water partition coefficient (Wildman–Crippen LogP) is 1.87. The third-order valence-electron chi connectivity index (χ3n) is 1.55. The zero-order valence-corrected chi connectivity index (χ0v) is 7.48. The topological polar surface area (TPSA) is 35.2 Å². The van der Waals surface area contributed by atoms with Crippen molar-refractivity contribution in [3.63, 3.8) is 0 Å². The molecule has 0 aliphatic carbocycles. The van der Waals surface area contributed by atoms with Gasteiger partial charge in [-0.05, 0) is 24.6 Å². The van der Waals surface area contributed by atoms with E-state index in [1.165, 1.54) is 0 Å². The number of benzene rings is 1. The van der Waals surface area contributed by atoms with Crippen LogP contribution < -0.4 is 10.5 Å². The van der Waals surface area contributed by atoms with Crippen molar-refractivity contribution in [2.24, 2.45) is 0 Å². The Morgan fingerprint density at radius 3 is 2.64 bits per heavy atom. The van der Waals surface area contributed by atoms with E-state index < -0.39 is 0 Å². The molecule has 60 valence electrons. The molecule has 0 radical (unpaired) electrons. The van der Waals surface area contributed by atoms with Crippen LogP contribution in [0, 0.1) is 6.92 Å². The lowest BCUT2D eigenvalue weighted by Crippen LogP contribution is -1.93. The molecular formula is C8H11NOS. The number of nitrogen functional groups attached to an aromatic ring is 1. The highest BCUT2D eigenvalue weighted by molar-refractivity contribution is 7.80. The first-order valence-corrected chi connectivity index (χ1v) is 3.73. The summed E-state index contributed by atoms with van der Waals surface area (Å²) in [6, 6.07) is 3.66. The maximum absolute atomic E-state index is 5.63. The molecule has 0 spiro atoms. The van der Waals surface area contributed by atoms with Crippen molar-refractivity contribution in [1.82, 2.24) is 0 Å². The van der Waals surface area contributed by atoms with Crippen LogP contribution in [0.25, 0.3) is 0 Å². The van der Waals surface area contributed by atoms with Gasteiger partial charge < -0.3 is 10.5 Å². The van der Waals surface area contributed by atoms with E-state index >= 15 is 0 Å². The van der Waals surface area contributed by atoms with Crippen molar-refractivity contribution in [1.29, 1.82) is 0 Å².